The number of halogens is 3. The van der Waals surface area contributed by atoms with Gasteiger partial charge in [-0.25, -0.2) is 0 Å². The van der Waals surface area contributed by atoms with E-state index in [1.54, 1.807) is 12.1 Å². The first-order chi connectivity index (χ1) is 16.6. The molecule has 186 valence electrons. The van der Waals surface area contributed by atoms with Crippen LogP contribution in [0.5, 0.6) is 11.5 Å². The molecule has 1 aliphatic rings. The van der Waals surface area contributed by atoms with Crippen LogP contribution in [0, 0.1) is 10.5 Å². The highest BCUT2D eigenvalue weighted by molar-refractivity contribution is 14.1. The Morgan fingerprint density at radius 2 is 2.03 bits per heavy atom. The first kappa shape index (κ1) is 27.2. The monoisotopic (exact) mass is 738 g/mol. The highest BCUT2D eigenvalue weighted by Gasteiger charge is 2.35. The van der Waals surface area contributed by atoms with Crippen molar-refractivity contribution in [3.05, 3.63) is 91.0 Å². The Morgan fingerprint density at radius 3 is 2.74 bits per heavy atom. The zero-order valence-electron chi connectivity index (χ0n) is 19.3. The molecule has 0 spiro atoms. The van der Waals surface area contributed by atoms with Gasteiger partial charge in [0, 0.05) is 24.5 Å². The maximum Gasteiger partial charge on any atom is 0.368 e. The van der Waals surface area contributed by atoms with Crippen LogP contribution in [-0.4, -0.2) is 18.1 Å². The van der Waals surface area contributed by atoms with Gasteiger partial charge >= 0.3 is 7.60 Å². The first-order valence-electron chi connectivity index (χ1n) is 11.2. The zero-order chi connectivity index (χ0) is 25.2. The molecule has 3 atom stereocenters. The standard InChI is InChI=1S/C26H26ClI2O5P/c1-16-10-21(14-24(29)22(16)11-18-6-7-25(30)23(12-18)17(2)28)32-15-35(31)33-9-8-26(34-35)19-4-3-5-20(27)13-19/h3-7,10,12-14,17,26,30H,8-9,11,15H2,1-2H3/t17?,26-,35+/m0/s1. The van der Waals surface area contributed by atoms with Crippen molar-refractivity contribution in [1.82, 2.24) is 0 Å². The van der Waals surface area contributed by atoms with Crippen LogP contribution in [-0.2, 0) is 20.0 Å². The van der Waals surface area contributed by atoms with Gasteiger partial charge < -0.3 is 14.4 Å². The SMILES string of the molecule is Cc1cc(OC[P@@]2(=O)OCC[C@@H](c3cccc(Cl)c3)O2)cc(I)c1Cc1ccc(O)c(C(C)I)c1. The number of phenolic OH excluding ortho intramolecular Hbond substituents is 1. The van der Waals surface area contributed by atoms with Crippen molar-refractivity contribution in [3.63, 3.8) is 0 Å². The second kappa shape index (κ2) is 11.7. The van der Waals surface area contributed by atoms with E-state index in [9.17, 15) is 9.67 Å². The number of rotatable bonds is 7. The Hall–Kier alpha value is -0.840. The van der Waals surface area contributed by atoms with Crippen molar-refractivity contribution in [2.75, 3.05) is 13.0 Å². The number of hydrogen-bond acceptors (Lipinski definition) is 5. The van der Waals surface area contributed by atoms with Crippen LogP contribution in [0.15, 0.2) is 54.6 Å². The molecule has 0 aromatic heterocycles. The molecule has 1 N–H and O–H groups in total. The largest absolute Gasteiger partial charge is 0.508 e. The van der Waals surface area contributed by atoms with Crippen molar-refractivity contribution in [2.24, 2.45) is 0 Å². The van der Waals surface area contributed by atoms with E-state index < -0.39 is 7.60 Å². The van der Waals surface area contributed by atoms with E-state index in [1.807, 2.05) is 43.3 Å². The molecule has 0 amide bonds. The quantitative estimate of drug-likeness (QED) is 0.149. The molecular formula is C26H26ClI2O5P. The Labute approximate surface area is 238 Å². The van der Waals surface area contributed by atoms with Gasteiger partial charge in [0.05, 0.1) is 12.7 Å². The molecule has 35 heavy (non-hydrogen) atoms. The number of ether oxygens (including phenoxy) is 1. The lowest BCUT2D eigenvalue weighted by atomic mass is 9.98. The van der Waals surface area contributed by atoms with Gasteiger partial charge in [-0.1, -0.05) is 58.5 Å². The van der Waals surface area contributed by atoms with Gasteiger partial charge in [0.1, 0.15) is 11.5 Å². The van der Waals surface area contributed by atoms with Crippen molar-refractivity contribution in [2.45, 2.75) is 36.7 Å². The molecule has 3 aromatic rings. The van der Waals surface area contributed by atoms with Crippen LogP contribution in [0.4, 0.5) is 0 Å². The number of aryl methyl sites for hydroxylation is 1. The average Bonchev–Trinajstić information content (AvgIpc) is 2.81. The minimum atomic E-state index is -3.42. The summed E-state index contributed by atoms with van der Waals surface area (Å²) >= 11 is 10.7. The lowest BCUT2D eigenvalue weighted by Crippen LogP contribution is -2.17. The Balaban J connectivity index is 1.45. The van der Waals surface area contributed by atoms with Crippen molar-refractivity contribution < 1.29 is 23.5 Å². The molecule has 3 aromatic carbocycles. The number of benzene rings is 3. The van der Waals surface area contributed by atoms with Crippen molar-refractivity contribution in [1.29, 1.82) is 0 Å². The Bertz CT molecular complexity index is 1240. The van der Waals surface area contributed by atoms with Crippen LogP contribution in [0.3, 0.4) is 0 Å². The molecule has 1 aliphatic heterocycles. The molecule has 1 heterocycles. The van der Waals surface area contributed by atoms with E-state index in [1.165, 1.54) is 5.56 Å². The van der Waals surface area contributed by atoms with E-state index in [-0.39, 0.29) is 16.4 Å². The van der Waals surface area contributed by atoms with Gasteiger partial charge in [-0.3, -0.25) is 9.09 Å². The fourth-order valence-corrected chi connectivity index (χ4v) is 7.14. The second-order valence-corrected chi connectivity index (χ2v) is 14.0. The predicted octanol–water partition coefficient (Wildman–Crippen LogP) is 8.75. The van der Waals surface area contributed by atoms with Gasteiger partial charge in [0.15, 0.2) is 6.35 Å². The van der Waals surface area contributed by atoms with Crippen molar-refractivity contribution in [3.8, 4) is 11.5 Å². The summed E-state index contributed by atoms with van der Waals surface area (Å²) < 4.78 is 31.8. The summed E-state index contributed by atoms with van der Waals surface area (Å²) in [5.41, 5.74) is 5.21. The minimum Gasteiger partial charge on any atom is -0.508 e. The van der Waals surface area contributed by atoms with Crippen LogP contribution < -0.4 is 4.74 Å². The topological polar surface area (TPSA) is 65.0 Å². The molecule has 0 aliphatic carbocycles. The molecule has 1 unspecified atom stereocenters. The molecule has 1 fully saturated rings. The lowest BCUT2D eigenvalue weighted by molar-refractivity contribution is 0.0725. The fourth-order valence-electron chi connectivity index (χ4n) is 4.02. The second-order valence-electron chi connectivity index (χ2n) is 8.54. The molecule has 9 heteroatoms. The van der Waals surface area contributed by atoms with E-state index in [0.29, 0.717) is 29.5 Å². The van der Waals surface area contributed by atoms with Gasteiger partial charge in [-0.15, -0.1) is 0 Å². The number of alkyl halides is 1. The maximum atomic E-state index is 13.2. The number of phenols is 1. The number of aromatic hydroxyl groups is 1. The molecule has 1 saturated heterocycles. The summed E-state index contributed by atoms with van der Waals surface area (Å²) in [6, 6.07) is 17.1. The van der Waals surface area contributed by atoms with Gasteiger partial charge in [-0.2, -0.15) is 0 Å². The highest BCUT2D eigenvalue weighted by atomic mass is 127. The predicted molar refractivity (Wildman–Crippen MR) is 156 cm³/mol. The van der Waals surface area contributed by atoms with Crippen molar-refractivity contribution >= 4 is 64.4 Å². The van der Waals surface area contributed by atoms with Gasteiger partial charge in [-0.05, 0) is 95.4 Å². The third-order valence-corrected chi connectivity index (χ3v) is 9.32. The summed E-state index contributed by atoms with van der Waals surface area (Å²) in [7, 11) is -3.42. The third kappa shape index (κ3) is 6.93. The van der Waals surface area contributed by atoms with E-state index in [4.69, 9.17) is 25.4 Å². The smallest absolute Gasteiger partial charge is 0.368 e. The lowest BCUT2D eigenvalue weighted by Gasteiger charge is -2.30. The summed E-state index contributed by atoms with van der Waals surface area (Å²) in [4.78, 5) is 0. The van der Waals surface area contributed by atoms with Crippen LogP contribution in [0.2, 0.25) is 5.02 Å². The highest BCUT2D eigenvalue weighted by Crippen LogP contribution is 2.56. The molecular weight excluding hydrogens is 713 g/mol. The summed E-state index contributed by atoms with van der Waals surface area (Å²) in [5, 5.41) is 10.7. The Kier molecular flexibility index (Phi) is 9.09. The molecule has 0 saturated carbocycles. The minimum absolute atomic E-state index is 0.159. The normalized spacial score (nSPS) is 21.0. The molecule has 0 radical (unpaired) electrons. The summed E-state index contributed by atoms with van der Waals surface area (Å²) in [5.74, 6) is 0.945. The molecule has 4 rings (SSSR count). The average molecular weight is 739 g/mol. The number of hydrogen-bond donors (Lipinski definition) is 1. The van der Waals surface area contributed by atoms with E-state index >= 15 is 0 Å². The maximum absolute atomic E-state index is 13.2. The van der Waals surface area contributed by atoms with Crippen LogP contribution in [0.1, 0.15) is 51.2 Å². The van der Waals surface area contributed by atoms with Crippen LogP contribution in [0.25, 0.3) is 0 Å². The first-order valence-corrected chi connectivity index (χ1v) is 15.6. The third-order valence-electron chi connectivity index (χ3n) is 5.86. The zero-order valence-corrected chi connectivity index (χ0v) is 25.3. The van der Waals surface area contributed by atoms with Gasteiger partial charge in [0.25, 0.3) is 0 Å². The molecule has 0 bridgehead atoms. The van der Waals surface area contributed by atoms with E-state index in [2.05, 4.69) is 58.2 Å². The molecule has 5 nitrogen and oxygen atoms in total. The Morgan fingerprint density at radius 1 is 1.23 bits per heavy atom. The van der Waals surface area contributed by atoms with Crippen LogP contribution >= 0.6 is 64.4 Å². The fraction of sp³-hybridized carbons (Fsp3) is 0.308. The summed E-state index contributed by atoms with van der Waals surface area (Å²) in [6.07, 6.45) is 0.841. The van der Waals surface area contributed by atoms with E-state index in [0.717, 1.165) is 32.2 Å². The summed E-state index contributed by atoms with van der Waals surface area (Å²) in [6.45, 7) is 4.43. The van der Waals surface area contributed by atoms with Gasteiger partial charge in [0.2, 0.25) is 0 Å².